The van der Waals surface area contributed by atoms with Crippen LogP contribution in [0.5, 0.6) is 0 Å². The quantitative estimate of drug-likeness (QED) is 0.445. The molecule has 9 heteroatoms. The van der Waals surface area contributed by atoms with E-state index >= 15 is 0 Å². The Hall–Kier alpha value is -2.39. The van der Waals surface area contributed by atoms with Crippen molar-refractivity contribution in [2.45, 2.75) is 19.3 Å². The van der Waals surface area contributed by atoms with Crippen LogP contribution in [0.1, 0.15) is 23.2 Å². The molecule has 0 atom stereocenters. The zero-order valence-electron chi connectivity index (χ0n) is 13.4. The zero-order valence-corrected chi connectivity index (χ0v) is 15.8. The average molecular weight is 435 g/mol. The Morgan fingerprint density at radius 2 is 2.00 bits per heavy atom. The van der Waals surface area contributed by atoms with Crippen LogP contribution in [0, 0.1) is 5.82 Å². The van der Waals surface area contributed by atoms with Crippen LogP contribution in [-0.2, 0) is 19.3 Å². The van der Waals surface area contributed by atoms with Crippen molar-refractivity contribution >= 4 is 27.3 Å². The SMILES string of the molecule is Fc1ccc(Br)cc1Cc1noc(CCc2nnc(-c3ccsc3)o2)n1. The lowest BCUT2D eigenvalue weighted by molar-refractivity contribution is 0.368. The summed E-state index contributed by atoms with van der Waals surface area (Å²) in [6.45, 7) is 0. The highest BCUT2D eigenvalue weighted by atomic mass is 79.9. The van der Waals surface area contributed by atoms with Crippen LogP contribution in [0.25, 0.3) is 11.5 Å². The Bertz CT molecular complexity index is 1020. The van der Waals surface area contributed by atoms with Gasteiger partial charge in [-0.15, -0.1) is 10.2 Å². The summed E-state index contributed by atoms with van der Waals surface area (Å²) in [5.41, 5.74) is 1.41. The molecule has 0 saturated heterocycles. The van der Waals surface area contributed by atoms with E-state index in [9.17, 15) is 4.39 Å². The molecule has 0 aliphatic rings. The van der Waals surface area contributed by atoms with E-state index in [0.717, 1.165) is 10.0 Å². The highest BCUT2D eigenvalue weighted by molar-refractivity contribution is 9.10. The molecule has 0 fully saturated rings. The summed E-state index contributed by atoms with van der Waals surface area (Å²) in [5.74, 6) is 1.58. The topological polar surface area (TPSA) is 77.8 Å². The molecular weight excluding hydrogens is 423 g/mol. The summed E-state index contributed by atoms with van der Waals surface area (Å²) in [5, 5.41) is 15.9. The van der Waals surface area contributed by atoms with Gasteiger partial charge in [-0.2, -0.15) is 16.3 Å². The van der Waals surface area contributed by atoms with Gasteiger partial charge in [0, 0.05) is 34.7 Å². The molecule has 4 rings (SSSR count). The summed E-state index contributed by atoms with van der Waals surface area (Å²) >= 11 is 4.90. The number of thiophene rings is 1. The van der Waals surface area contributed by atoms with E-state index in [-0.39, 0.29) is 12.2 Å². The van der Waals surface area contributed by atoms with Gasteiger partial charge in [0.05, 0.1) is 0 Å². The van der Waals surface area contributed by atoms with Crippen molar-refractivity contribution in [3.63, 3.8) is 0 Å². The Kier molecular flexibility index (Phi) is 4.89. The first-order chi connectivity index (χ1) is 12.7. The molecule has 132 valence electrons. The third kappa shape index (κ3) is 3.88. The second-order valence-electron chi connectivity index (χ2n) is 5.53. The Morgan fingerprint density at radius 1 is 1.12 bits per heavy atom. The van der Waals surface area contributed by atoms with Crippen molar-refractivity contribution in [2.75, 3.05) is 0 Å². The number of hydrogen-bond acceptors (Lipinski definition) is 7. The van der Waals surface area contributed by atoms with E-state index in [2.05, 4.69) is 36.3 Å². The van der Waals surface area contributed by atoms with Gasteiger partial charge in [0.15, 0.2) is 5.82 Å². The molecule has 3 aromatic heterocycles. The van der Waals surface area contributed by atoms with E-state index < -0.39 is 0 Å². The number of benzene rings is 1. The molecule has 4 aromatic rings. The van der Waals surface area contributed by atoms with Gasteiger partial charge in [-0.25, -0.2) is 4.39 Å². The van der Waals surface area contributed by atoms with Gasteiger partial charge in [0.25, 0.3) is 0 Å². The molecule has 0 N–H and O–H groups in total. The fraction of sp³-hybridized carbons (Fsp3) is 0.176. The molecule has 3 heterocycles. The van der Waals surface area contributed by atoms with E-state index in [1.54, 1.807) is 23.5 Å². The molecule has 6 nitrogen and oxygen atoms in total. The fourth-order valence-corrected chi connectivity index (χ4v) is 3.42. The summed E-state index contributed by atoms with van der Waals surface area (Å²) in [6.07, 6.45) is 1.22. The van der Waals surface area contributed by atoms with Gasteiger partial charge in [0.1, 0.15) is 5.82 Å². The van der Waals surface area contributed by atoms with Gasteiger partial charge >= 0.3 is 0 Å². The zero-order chi connectivity index (χ0) is 17.9. The largest absolute Gasteiger partial charge is 0.421 e. The first-order valence-corrected chi connectivity index (χ1v) is 9.51. The van der Waals surface area contributed by atoms with Crippen LogP contribution in [0.15, 0.2) is 48.4 Å². The molecule has 0 bridgehead atoms. The third-order valence-electron chi connectivity index (χ3n) is 3.65. The summed E-state index contributed by atoms with van der Waals surface area (Å²) in [7, 11) is 0. The van der Waals surface area contributed by atoms with Crippen LogP contribution in [-0.4, -0.2) is 20.3 Å². The van der Waals surface area contributed by atoms with E-state index in [1.807, 2.05) is 16.8 Å². The predicted octanol–water partition coefficient (Wildman–Crippen LogP) is 4.46. The van der Waals surface area contributed by atoms with E-state index in [0.29, 0.717) is 41.9 Å². The third-order valence-corrected chi connectivity index (χ3v) is 4.83. The number of halogens is 2. The number of aromatic nitrogens is 4. The van der Waals surface area contributed by atoms with Crippen LogP contribution in [0.2, 0.25) is 0 Å². The summed E-state index contributed by atoms with van der Waals surface area (Å²) < 4.78 is 25.5. The van der Waals surface area contributed by atoms with Crippen LogP contribution >= 0.6 is 27.3 Å². The molecule has 0 aliphatic carbocycles. The predicted molar refractivity (Wildman–Crippen MR) is 96.2 cm³/mol. The smallest absolute Gasteiger partial charge is 0.248 e. The summed E-state index contributed by atoms with van der Waals surface area (Å²) in [6, 6.07) is 6.68. The van der Waals surface area contributed by atoms with Crippen molar-refractivity contribution < 1.29 is 13.3 Å². The number of nitrogens with zero attached hydrogens (tertiary/aromatic N) is 4. The van der Waals surface area contributed by atoms with Crippen molar-refractivity contribution in [2.24, 2.45) is 0 Å². The van der Waals surface area contributed by atoms with Crippen molar-refractivity contribution in [1.29, 1.82) is 0 Å². The standard InChI is InChI=1S/C17H12BrFN4O2S/c18-12-1-2-13(19)11(7-12)8-14-20-15(25-23-14)3-4-16-21-22-17(24-16)10-5-6-26-9-10/h1-2,5-7,9H,3-4,8H2. The Labute approximate surface area is 160 Å². The molecular formula is C17H12BrFN4O2S. The van der Waals surface area contributed by atoms with Crippen molar-refractivity contribution in [1.82, 2.24) is 20.3 Å². The first kappa shape index (κ1) is 17.0. The second kappa shape index (κ2) is 7.46. The lowest BCUT2D eigenvalue weighted by Gasteiger charge is -2.00. The lowest BCUT2D eigenvalue weighted by atomic mass is 10.1. The van der Waals surface area contributed by atoms with Gasteiger partial charge in [-0.1, -0.05) is 21.1 Å². The molecule has 0 saturated carbocycles. The van der Waals surface area contributed by atoms with E-state index in [1.165, 1.54) is 6.07 Å². The van der Waals surface area contributed by atoms with E-state index in [4.69, 9.17) is 8.94 Å². The van der Waals surface area contributed by atoms with Crippen LogP contribution in [0.3, 0.4) is 0 Å². The maximum atomic E-state index is 13.8. The first-order valence-electron chi connectivity index (χ1n) is 7.78. The molecule has 26 heavy (non-hydrogen) atoms. The minimum atomic E-state index is -0.300. The van der Waals surface area contributed by atoms with Gasteiger partial charge in [-0.05, 0) is 35.2 Å². The lowest BCUT2D eigenvalue weighted by Crippen LogP contribution is -1.96. The Morgan fingerprint density at radius 3 is 2.85 bits per heavy atom. The monoisotopic (exact) mass is 434 g/mol. The minimum Gasteiger partial charge on any atom is -0.421 e. The molecule has 0 spiro atoms. The van der Waals surface area contributed by atoms with Crippen LogP contribution in [0.4, 0.5) is 4.39 Å². The minimum absolute atomic E-state index is 0.262. The number of rotatable bonds is 6. The Balaban J connectivity index is 1.39. The maximum absolute atomic E-state index is 13.8. The van der Waals surface area contributed by atoms with Crippen molar-refractivity contribution in [3.8, 4) is 11.5 Å². The fourth-order valence-electron chi connectivity index (χ4n) is 2.38. The molecule has 1 aromatic carbocycles. The molecule has 0 radical (unpaired) electrons. The maximum Gasteiger partial charge on any atom is 0.248 e. The number of aryl methyl sites for hydroxylation is 2. The molecule has 0 unspecified atom stereocenters. The molecule has 0 amide bonds. The van der Waals surface area contributed by atoms with Gasteiger partial charge in [0.2, 0.25) is 17.7 Å². The molecule has 0 aliphatic heterocycles. The van der Waals surface area contributed by atoms with Crippen molar-refractivity contribution in [3.05, 3.63) is 68.5 Å². The number of hydrogen-bond donors (Lipinski definition) is 0. The van der Waals surface area contributed by atoms with Crippen LogP contribution < -0.4 is 0 Å². The van der Waals surface area contributed by atoms with Gasteiger partial charge in [-0.3, -0.25) is 0 Å². The van der Waals surface area contributed by atoms with Gasteiger partial charge < -0.3 is 8.94 Å². The second-order valence-corrected chi connectivity index (χ2v) is 7.23. The summed E-state index contributed by atoms with van der Waals surface area (Å²) in [4.78, 5) is 4.30. The average Bonchev–Trinajstić information content (AvgIpc) is 3.37. The highest BCUT2D eigenvalue weighted by Crippen LogP contribution is 2.21. The highest BCUT2D eigenvalue weighted by Gasteiger charge is 2.13. The normalized spacial score (nSPS) is 11.2.